The molecule has 1 N–H and O–H groups in total. The number of hydrogen-bond donors (Lipinski definition) is 1. The number of halogens is 1. The van der Waals surface area contributed by atoms with Crippen LogP contribution in [0.2, 0.25) is 5.15 Å². The Kier molecular flexibility index (Phi) is 4.93. The van der Waals surface area contributed by atoms with E-state index in [2.05, 4.69) is 16.0 Å². The Hall–Kier alpha value is -2.89. The predicted octanol–water partition coefficient (Wildman–Crippen LogP) is 3.69. The summed E-state index contributed by atoms with van der Waals surface area (Å²) in [5.41, 5.74) is 3.33. The molecule has 0 bridgehead atoms. The highest BCUT2D eigenvalue weighted by molar-refractivity contribution is 6.29. The van der Waals surface area contributed by atoms with Crippen LogP contribution in [0.1, 0.15) is 47.2 Å². The van der Waals surface area contributed by atoms with Gasteiger partial charge in [0, 0.05) is 24.4 Å². The Labute approximate surface area is 179 Å². The summed E-state index contributed by atoms with van der Waals surface area (Å²) in [5.74, 6) is 0.0919. The third-order valence-electron chi connectivity index (χ3n) is 6.05. The number of nitrogens with one attached hydrogen (secondary N) is 1. The SMILES string of the molecule is O=C1CCCCC1[NH+]1C=Nc2c(cc(Cc3ccc(Cl)nc3)c3ccccc23)C1=O. The lowest BCUT2D eigenvalue weighted by atomic mass is 9.90. The molecular formula is C24H21ClN3O2+. The number of amides is 1. The highest BCUT2D eigenvalue weighted by atomic mass is 35.5. The molecule has 1 fully saturated rings. The Morgan fingerprint density at radius 2 is 1.90 bits per heavy atom. The topological polar surface area (TPSA) is 63.8 Å². The number of pyridine rings is 1. The number of carbonyl (C=O) groups is 2. The van der Waals surface area contributed by atoms with Gasteiger partial charge in [0.2, 0.25) is 0 Å². The van der Waals surface area contributed by atoms with E-state index in [4.69, 9.17) is 11.6 Å². The lowest BCUT2D eigenvalue weighted by Gasteiger charge is -2.27. The van der Waals surface area contributed by atoms with Crippen molar-refractivity contribution in [1.29, 1.82) is 0 Å². The fourth-order valence-electron chi connectivity index (χ4n) is 4.53. The number of hydrogen-bond acceptors (Lipinski definition) is 4. The maximum Gasteiger partial charge on any atom is 0.352 e. The number of Topliss-reactive ketones (excluding diaryl/α,β-unsaturated/α-hetero) is 1. The van der Waals surface area contributed by atoms with Gasteiger partial charge < -0.3 is 0 Å². The van der Waals surface area contributed by atoms with Crippen LogP contribution >= 0.6 is 11.6 Å². The number of aromatic nitrogens is 1. The van der Waals surface area contributed by atoms with Crippen LogP contribution in [-0.2, 0) is 11.2 Å². The number of fused-ring (bicyclic) bond motifs is 3. The van der Waals surface area contributed by atoms with Crippen LogP contribution in [0.25, 0.3) is 10.8 Å². The number of ketones is 1. The van der Waals surface area contributed by atoms with Crippen molar-refractivity contribution >= 4 is 46.1 Å². The molecule has 1 aliphatic carbocycles. The first-order chi connectivity index (χ1) is 14.6. The molecule has 0 saturated heterocycles. The standard InChI is InChI=1S/C24H20ClN3O2/c25-22-10-9-15(13-26-22)11-16-12-19-23(18-6-2-1-5-17(16)18)27-14-28(24(19)30)20-7-3-4-8-21(20)29/h1-2,5-6,9-10,12-14,20H,3-4,7-8,11H2/p+1. The molecule has 2 aliphatic rings. The van der Waals surface area contributed by atoms with Crippen LogP contribution < -0.4 is 4.90 Å². The largest absolute Gasteiger partial charge is 0.352 e. The van der Waals surface area contributed by atoms with Crippen molar-refractivity contribution < 1.29 is 14.5 Å². The van der Waals surface area contributed by atoms with Gasteiger partial charge in [0.1, 0.15) is 10.7 Å². The second kappa shape index (κ2) is 7.74. The van der Waals surface area contributed by atoms with Gasteiger partial charge in [-0.1, -0.05) is 41.9 Å². The molecule has 2 heterocycles. The first-order valence-corrected chi connectivity index (χ1v) is 10.6. The average Bonchev–Trinajstić information content (AvgIpc) is 2.77. The predicted molar refractivity (Wildman–Crippen MR) is 117 cm³/mol. The molecule has 5 rings (SSSR count). The minimum Gasteiger partial charge on any atom is -0.293 e. The summed E-state index contributed by atoms with van der Waals surface area (Å²) in [5, 5.41) is 2.47. The van der Waals surface area contributed by atoms with Crippen LogP contribution in [0.15, 0.2) is 53.7 Å². The van der Waals surface area contributed by atoms with Crippen LogP contribution in [-0.4, -0.2) is 29.1 Å². The van der Waals surface area contributed by atoms with E-state index in [9.17, 15) is 9.59 Å². The number of rotatable bonds is 3. The summed E-state index contributed by atoms with van der Waals surface area (Å²) in [6, 6.07) is 13.3. The minimum atomic E-state index is -0.321. The number of benzene rings is 2. The first kappa shape index (κ1) is 19.1. The summed E-state index contributed by atoms with van der Waals surface area (Å²) in [6.45, 7) is 0. The molecule has 30 heavy (non-hydrogen) atoms. The van der Waals surface area contributed by atoms with Crippen molar-refractivity contribution in [2.24, 2.45) is 4.99 Å². The smallest absolute Gasteiger partial charge is 0.293 e. The summed E-state index contributed by atoms with van der Waals surface area (Å²) in [6.07, 6.45) is 7.19. The van der Waals surface area contributed by atoms with Crippen molar-refractivity contribution in [2.75, 3.05) is 0 Å². The molecule has 2 unspecified atom stereocenters. The normalized spacial score (nSPS) is 21.1. The second-order valence-corrected chi connectivity index (χ2v) is 8.34. The number of carbonyl (C=O) groups excluding carboxylic acids is 2. The van der Waals surface area contributed by atoms with Crippen molar-refractivity contribution in [2.45, 2.75) is 38.1 Å². The van der Waals surface area contributed by atoms with Crippen LogP contribution in [0, 0.1) is 0 Å². The maximum absolute atomic E-state index is 13.4. The Balaban J connectivity index is 1.60. The summed E-state index contributed by atoms with van der Waals surface area (Å²) < 4.78 is 0. The van der Waals surface area contributed by atoms with Gasteiger partial charge in [-0.2, -0.15) is 0 Å². The summed E-state index contributed by atoms with van der Waals surface area (Å²) in [7, 11) is 0. The van der Waals surface area contributed by atoms with Gasteiger partial charge in [0.05, 0.1) is 5.69 Å². The second-order valence-electron chi connectivity index (χ2n) is 7.95. The van der Waals surface area contributed by atoms with E-state index in [0.717, 1.165) is 41.2 Å². The van der Waals surface area contributed by atoms with Gasteiger partial charge in [0.15, 0.2) is 18.2 Å². The lowest BCUT2D eigenvalue weighted by Crippen LogP contribution is -3.18. The highest BCUT2D eigenvalue weighted by Gasteiger charge is 2.39. The van der Waals surface area contributed by atoms with E-state index in [1.165, 1.54) is 0 Å². The summed E-state index contributed by atoms with van der Waals surface area (Å²) in [4.78, 5) is 35.3. The minimum absolute atomic E-state index is 0.0681. The Morgan fingerprint density at radius 1 is 1.07 bits per heavy atom. The van der Waals surface area contributed by atoms with E-state index >= 15 is 0 Å². The molecule has 2 aromatic carbocycles. The Morgan fingerprint density at radius 3 is 2.67 bits per heavy atom. The van der Waals surface area contributed by atoms with E-state index < -0.39 is 0 Å². The van der Waals surface area contributed by atoms with Gasteiger partial charge in [-0.05, 0) is 47.9 Å². The maximum atomic E-state index is 13.4. The highest BCUT2D eigenvalue weighted by Crippen LogP contribution is 2.34. The first-order valence-electron chi connectivity index (χ1n) is 10.2. The molecule has 1 aromatic heterocycles. The lowest BCUT2D eigenvalue weighted by molar-refractivity contribution is -0.727. The fraction of sp³-hybridized carbons (Fsp3) is 0.250. The van der Waals surface area contributed by atoms with Crippen LogP contribution in [0.3, 0.4) is 0 Å². The quantitative estimate of drug-likeness (QED) is 0.660. The van der Waals surface area contributed by atoms with E-state index in [1.54, 1.807) is 18.6 Å². The molecule has 2 atom stereocenters. The molecule has 1 amide bonds. The molecule has 1 saturated carbocycles. The molecular weight excluding hydrogens is 398 g/mol. The number of aliphatic imine (C=N–C) groups is 1. The third-order valence-corrected chi connectivity index (χ3v) is 6.28. The van der Waals surface area contributed by atoms with E-state index in [0.29, 0.717) is 34.1 Å². The van der Waals surface area contributed by atoms with Gasteiger partial charge >= 0.3 is 5.91 Å². The van der Waals surface area contributed by atoms with Crippen molar-refractivity contribution in [3.8, 4) is 0 Å². The fourth-order valence-corrected chi connectivity index (χ4v) is 4.64. The van der Waals surface area contributed by atoms with Gasteiger partial charge in [0.25, 0.3) is 0 Å². The third kappa shape index (κ3) is 3.34. The van der Waals surface area contributed by atoms with Crippen LogP contribution in [0.5, 0.6) is 0 Å². The molecule has 3 aromatic rings. The molecule has 1 aliphatic heterocycles. The van der Waals surface area contributed by atoms with Crippen molar-refractivity contribution in [3.63, 3.8) is 0 Å². The van der Waals surface area contributed by atoms with Crippen molar-refractivity contribution in [1.82, 2.24) is 4.98 Å². The van der Waals surface area contributed by atoms with Crippen molar-refractivity contribution in [3.05, 3.63) is 70.5 Å². The summed E-state index contributed by atoms with van der Waals surface area (Å²) >= 11 is 5.92. The van der Waals surface area contributed by atoms with Gasteiger partial charge in [-0.3, -0.25) is 4.79 Å². The Bertz CT molecular complexity index is 1190. The molecule has 0 radical (unpaired) electrons. The van der Waals surface area contributed by atoms with E-state index in [-0.39, 0.29) is 17.7 Å². The zero-order valence-corrected chi connectivity index (χ0v) is 17.2. The zero-order valence-electron chi connectivity index (χ0n) is 16.4. The van der Waals surface area contributed by atoms with Crippen LogP contribution in [0.4, 0.5) is 5.69 Å². The number of nitrogens with zero attached hydrogens (tertiary/aromatic N) is 2. The monoisotopic (exact) mass is 418 g/mol. The average molecular weight is 419 g/mol. The molecule has 150 valence electrons. The zero-order chi connectivity index (χ0) is 20.7. The van der Waals surface area contributed by atoms with E-state index in [1.807, 2.05) is 30.3 Å². The molecule has 5 nitrogen and oxygen atoms in total. The van der Waals surface area contributed by atoms with Gasteiger partial charge in [-0.15, -0.1) is 0 Å². The number of quaternary nitrogens is 1. The molecule has 0 spiro atoms. The van der Waals surface area contributed by atoms with Gasteiger partial charge in [-0.25, -0.2) is 19.7 Å². The molecule has 6 heteroatoms.